The molecule has 0 saturated carbocycles. The van der Waals surface area contributed by atoms with E-state index in [0.717, 1.165) is 0 Å². The van der Waals surface area contributed by atoms with E-state index >= 15 is 0 Å². The van der Waals surface area contributed by atoms with Crippen molar-refractivity contribution in [2.45, 2.75) is 0 Å². The zero-order chi connectivity index (χ0) is 17.0. The zero-order valence-electron chi connectivity index (χ0n) is 11.7. The van der Waals surface area contributed by atoms with Crippen LogP contribution in [0.5, 0.6) is 0 Å². The number of carbonyl (C=O) groups excluding carboxylic acids is 1. The molecule has 1 aromatic carbocycles. The molecule has 2 aromatic rings. The Kier molecular flexibility index (Phi) is 5.24. The van der Waals surface area contributed by atoms with Crippen LogP contribution in [0.2, 0.25) is 0 Å². The lowest BCUT2D eigenvalue weighted by Crippen LogP contribution is -2.44. The number of hydrogen-bond donors (Lipinski definition) is 3. The van der Waals surface area contributed by atoms with Crippen molar-refractivity contribution in [3.05, 3.63) is 50.7 Å². The van der Waals surface area contributed by atoms with E-state index in [4.69, 9.17) is 12.2 Å². The highest BCUT2D eigenvalue weighted by Crippen LogP contribution is 2.15. The third kappa shape index (κ3) is 4.47. The summed E-state index contributed by atoms with van der Waals surface area (Å²) in [6.07, 6.45) is 1.64. The molecule has 0 unspecified atom stereocenters. The molecular weight excluding hydrogens is 388 g/mol. The molecule has 1 heterocycles. The van der Waals surface area contributed by atoms with Crippen LogP contribution >= 0.6 is 28.1 Å². The van der Waals surface area contributed by atoms with Gasteiger partial charge >= 0.3 is 0 Å². The number of nitro benzene ring substituents is 1. The predicted octanol–water partition coefficient (Wildman–Crippen LogP) is 1.72. The van der Waals surface area contributed by atoms with Gasteiger partial charge in [-0.05, 0) is 40.3 Å². The van der Waals surface area contributed by atoms with Crippen LogP contribution in [0.4, 0.5) is 11.4 Å². The van der Waals surface area contributed by atoms with Crippen molar-refractivity contribution in [2.24, 2.45) is 7.05 Å². The maximum atomic E-state index is 11.9. The van der Waals surface area contributed by atoms with Crippen LogP contribution < -0.4 is 16.2 Å². The normalized spacial score (nSPS) is 10.0. The molecule has 11 heteroatoms. The number of nitrogens with one attached hydrogen (secondary N) is 3. The second-order valence-corrected chi connectivity index (χ2v) is 5.60. The molecule has 0 aliphatic heterocycles. The molecule has 0 aliphatic rings. The Morgan fingerprint density at radius 3 is 2.52 bits per heavy atom. The molecule has 0 radical (unpaired) electrons. The molecule has 0 spiro atoms. The molecule has 1 aromatic heterocycles. The van der Waals surface area contributed by atoms with Gasteiger partial charge < -0.3 is 5.32 Å². The highest BCUT2D eigenvalue weighted by atomic mass is 79.9. The molecule has 0 fully saturated rings. The second kappa shape index (κ2) is 7.15. The van der Waals surface area contributed by atoms with Crippen LogP contribution in [0.15, 0.2) is 34.9 Å². The summed E-state index contributed by atoms with van der Waals surface area (Å²) in [7, 11) is 1.69. The van der Waals surface area contributed by atoms with Gasteiger partial charge in [-0.2, -0.15) is 5.10 Å². The molecule has 0 bridgehead atoms. The topological polar surface area (TPSA) is 114 Å². The average Bonchev–Trinajstić information content (AvgIpc) is 2.84. The fraction of sp³-hybridized carbons (Fsp3) is 0.0833. The number of benzene rings is 1. The van der Waals surface area contributed by atoms with E-state index in [0.29, 0.717) is 10.2 Å². The summed E-state index contributed by atoms with van der Waals surface area (Å²) in [5.74, 6) is -0.467. The molecule has 0 atom stereocenters. The Hall–Kier alpha value is -2.53. The van der Waals surface area contributed by atoms with Crippen LogP contribution in [0, 0.1) is 10.1 Å². The first-order valence-electron chi connectivity index (χ1n) is 6.18. The fourth-order valence-electron chi connectivity index (χ4n) is 1.61. The van der Waals surface area contributed by atoms with Gasteiger partial charge in [-0.15, -0.1) is 0 Å². The lowest BCUT2D eigenvalue weighted by molar-refractivity contribution is -0.384. The number of aryl methyl sites for hydroxylation is 1. The summed E-state index contributed by atoms with van der Waals surface area (Å²) < 4.78 is 2.04. The summed E-state index contributed by atoms with van der Waals surface area (Å²) in [5.41, 5.74) is 5.64. The van der Waals surface area contributed by atoms with Crippen molar-refractivity contribution in [1.82, 2.24) is 20.6 Å². The number of nitrogens with zero attached hydrogens (tertiary/aromatic N) is 3. The van der Waals surface area contributed by atoms with E-state index in [9.17, 15) is 14.9 Å². The maximum absolute atomic E-state index is 11.9. The van der Waals surface area contributed by atoms with Gasteiger partial charge in [-0.25, -0.2) is 0 Å². The highest BCUT2D eigenvalue weighted by Gasteiger charge is 2.14. The number of thiocarbonyl (C=S) groups is 1. The van der Waals surface area contributed by atoms with Crippen LogP contribution in [-0.4, -0.2) is 25.7 Å². The number of hydrogen-bond acceptors (Lipinski definition) is 5. The Labute approximate surface area is 144 Å². The average molecular weight is 399 g/mol. The smallest absolute Gasteiger partial charge is 0.291 e. The number of amides is 1. The first-order valence-corrected chi connectivity index (χ1v) is 7.38. The van der Waals surface area contributed by atoms with Crippen molar-refractivity contribution in [1.29, 1.82) is 0 Å². The molecule has 0 aliphatic carbocycles. The molecule has 9 nitrogen and oxygen atoms in total. The van der Waals surface area contributed by atoms with E-state index < -0.39 is 10.8 Å². The van der Waals surface area contributed by atoms with Crippen molar-refractivity contribution in [3.63, 3.8) is 0 Å². The second-order valence-electron chi connectivity index (χ2n) is 4.34. The predicted molar refractivity (Wildman–Crippen MR) is 90.8 cm³/mol. The molecule has 120 valence electrons. The van der Waals surface area contributed by atoms with Crippen molar-refractivity contribution >= 4 is 50.5 Å². The quantitative estimate of drug-likeness (QED) is 0.409. The van der Waals surface area contributed by atoms with Crippen molar-refractivity contribution < 1.29 is 9.72 Å². The van der Waals surface area contributed by atoms with E-state index in [-0.39, 0.29) is 16.5 Å². The summed E-state index contributed by atoms with van der Waals surface area (Å²) in [5, 5.41) is 17.5. The van der Waals surface area contributed by atoms with E-state index in [2.05, 4.69) is 37.2 Å². The zero-order valence-corrected chi connectivity index (χ0v) is 14.1. The molecule has 1 amide bonds. The number of rotatable bonds is 3. The standard InChI is InChI=1S/C12H11BrN6O3S/c1-18-6-9(13)10(17-18)11(20)15-16-12(23)14-7-2-4-8(5-3-7)19(21)22/h2-6H,1H3,(H,15,20)(H2,14,16,23). The van der Waals surface area contributed by atoms with E-state index in [1.54, 1.807) is 13.2 Å². The number of hydrazine groups is 1. The van der Waals surface area contributed by atoms with E-state index in [1.807, 2.05) is 0 Å². The molecule has 0 saturated heterocycles. The molecular formula is C12H11BrN6O3S. The van der Waals surface area contributed by atoms with Gasteiger partial charge in [-0.1, -0.05) is 0 Å². The summed E-state index contributed by atoms with van der Waals surface area (Å²) in [6, 6.07) is 5.69. The SMILES string of the molecule is Cn1cc(Br)c(C(=O)NNC(=S)Nc2ccc([N+](=O)[O-])cc2)n1. The first kappa shape index (κ1) is 16.8. The molecule has 2 rings (SSSR count). The minimum Gasteiger partial charge on any atom is -0.331 e. The fourth-order valence-corrected chi connectivity index (χ4v) is 2.34. The first-order chi connectivity index (χ1) is 10.9. The van der Waals surface area contributed by atoms with Crippen LogP contribution in [0.1, 0.15) is 10.5 Å². The molecule has 3 N–H and O–H groups in total. The van der Waals surface area contributed by atoms with Gasteiger partial charge in [0.05, 0.1) is 9.40 Å². The minimum atomic E-state index is -0.495. The maximum Gasteiger partial charge on any atom is 0.291 e. The summed E-state index contributed by atoms with van der Waals surface area (Å²) >= 11 is 8.24. The van der Waals surface area contributed by atoms with E-state index in [1.165, 1.54) is 28.9 Å². The number of nitro groups is 1. The molecule has 23 heavy (non-hydrogen) atoms. The Morgan fingerprint density at radius 1 is 1.35 bits per heavy atom. The highest BCUT2D eigenvalue weighted by molar-refractivity contribution is 9.10. The van der Waals surface area contributed by atoms with Gasteiger partial charge in [-0.3, -0.25) is 30.4 Å². The number of halogens is 1. The number of non-ortho nitro benzene ring substituents is 1. The van der Waals surface area contributed by atoms with Gasteiger partial charge in [0.25, 0.3) is 11.6 Å². The Morgan fingerprint density at radius 2 is 2.00 bits per heavy atom. The van der Waals surface area contributed by atoms with Gasteiger partial charge in [0.2, 0.25) is 0 Å². The van der Waals surface area contributed by atoms with Gasteiger partial charge in [0, 0.05) is 31.1 Å². The number of aromatic nitrogens is 2. The number of carbonyl (C=O) groups is 1. The lowest BCUT2D eigenvalue weighted by atomic mass is 10.3. The van der Waals surface area contributed by atoms with Crippen molar-refractivity contribution in [3.8, 4) is 0 Å². The van der Waals surface area contributed by atoms with Crippen LogP contribution in [-0.2, 0) is 7.05 Å². The Balaban J connectivity index is 1.88. The monoisotopic (exact) mass is 398 g/mol. The van der Waals surface area contributed by atoms with Crippen LogP contribution in [0.3, 0.4) is 0 Å². The summed E-state index contributed by atoms with van der Waals surface area (Å²) in [4.78, 5) is 22.0. The third-order valence-electron chi connectivity index (χ3n) is 2.62. The number of anilines is 1. The van der Waals surface area contributed by atoms with Crippen LogP contribution in [0.25, 0.3) is 0 Å². The largest absolute Gasteiger partial charge is 0.331 e. The minimum absolute atomic E-state index is 0.0252. The Bertz CT molecular complexity index is 761. The third-order valence-corrected chi connectivity index (χ3v) is 3.41. The van der Waals surface area contributed by atoms with Crippen molar-refractivity contribution in [2.75, 3.05) is 5.32 Å². The van der Waals surface area contributed by atoms with Gasteiger partial charge in [0.15, 0.2) is 10.8 Å². The summed E-state index contributed by atoms with van der Waals surface area (Å²) in [6.45, 7) is 0. The van der Waals surface area contributed by atoms with Gasteiger partial charge in [0.1, 0.15) is 0 Å². The lowest BCUT2D eigenvalue weighted by Gasteiger charge is -2.10.